The molecule has 221 valence electrons. The molecule has 0 saturated carbocycles. The van der Waals surface area contributed by atoms with Crippen molar-refractivity contribution < 1.29 is 24.6 Å². The molecule has 0 bridgehead atoms. The van der Waals surface area contributed by atoms with Crippen molar-refractivity contribution >= 4 is 14.5 Å². The number of para-hydroxylation sites is 1. The van der Waals surface area contributed by atoms with E-state index in [1.54, 1.807) is 25.1 Å². The minimum absolute atomic E-state index is 0.0292. The number of aliphatic hydroxyl groups is 2. The van der Waals surface area contributed by atoms with Crippen molar-refractivity contribution in [1.82, 2.24) is 9.55 Å². The van der Waals surface area contributed by atoms with E-state index in [1.807, 2.05) is 54.6 Å². The molecular weight excluding hydrogens is 534 g/mol. The lowest BCUT2D eigenvalue weighted by atomic mass is 9.68. The van der Waals surface area contributed by atoms with Gasteiger partial charge < -0.3 is 19.7 Å². The zero-order valence-corrected chi connectivity index (χ0v) is 25.8. The van der Waals surface area contributed by atoms with Gasteiger partial charge in [-0.1, -0.05) is 66.8 Å². The summed E-state index contributed by atoms with van der Waals surface area (Å²) in [6.07, 6.45) is -1.36. The van der Waals surface area contributed by atoms with Gasteiger partial charge in [-0.3, -0.25) is 24.5 Å². The molecule has 5 atom stereocenters. The van der Waals surface area contributed by atoms with Gasteiger partial charge >= 0.3 is 5.69 Å². The summed E-state index contributed by atoms with van der Waals surface area (Å²) in [6.45, 7) is 16.5. The maximum absolute atomic E-state index is 13.3. The quantitative estimate of drug-likeness (QED) is 0.244. The molecule has 2 heterocycles. The van der Waals surface area contributed by atoms with Gasteiger partial charge in [0.1, 0.15) is 25.9 Å². The highest BCUT2D eigenvalue weighted by Crippen LogP contribution is 2.53. The molecule has 2 aromatic rings. The lowest BCUT2D eigenvalue weighted by Gasteiger charge is -2.44. The third-order valence-electron chi connectivity index (χ3n) is 8.02. The summed E-state index contributed by atoms with van der Waals surface area (Å²) in [5.74, 6) is 0. The Hall–Kier alpha value is -2.64. The number of aromatic nitrogens is 2. The molecule has 12 heteroatoms. The van der Waals surface area contributed by atoms with Crippen LogP contribution in [0, 0.1) is 20.9 Å². The Labute approximate surface area is 235 Å². The fraction of sp³-hybridized carbons (Fsp3) is 0.643. The molecule has 1 saturated heterocycles. The van der Waals surface area contributed by atoms with Crippen molar-refractivity contribution in [3.63, 3.8) is 0 Å². The van der Waals surface area contributed by atoms with Crippen molar-refractivity contribution in [2.75, 3.05) is 0 Å². The number of rotatable bonds is 8. The molecule has 1 aliphatic heterocycles. The number of ether oxygens (including phenoxy) is 2. The van der Waals surface area contributed by atoms with E-state index in [1.165, 1.54) is 16.8 Å². The van der Waals surface area contributed by atoms with Crippen LogP contribution < -0.4 is 11.2 Å². The van der Waals surface area contributed by atoms with E-state index in [-0.39, 0.29) is 24.3 Å². The Bertz CT molecular complexity index is 1360. The molecule has 3 rings (SSSR count). The van der Waals surface area contributed by atoms with E-state index in [9.17, 15) is 29.9 Å². The molecule has 0 aliphatic carbocycles. The predicted octanol–water partition coefficient (Wildman–Crippen LogP) is 3.64. The van der Waals surface area contributed by atoms with E-state index in [4.69, 9.17) is 9.47 Å². The van der Waals surface area contributed by atoms with Crippen LogP contribution in [0.5, 0.6) is 0 Å². The van der Waals surface area contributed by atoms with Crippen LogP contribution in [0.3, 0.4) is 0 Å². The molecule has 0 spiro atoms. The number of nitro groups is 1. The standard InChI is InChI=1S/C28H42N3O8Si/c1-17(19-12-10-11-13-20(19)31(36)37)38-15-18-14-30(24(34)29-23(18)33)28(40(8)9)16-27(35,26(5,6)7)22(39-28)21(32)25(2,3)4/h10-14,17,21-22,32,35H,15-16H2,1-9H3,(H,29,33,34)/t17?,21?,22-,27+,28+/m1/s1. The zero-order valence-electron chi connectivity index (χ0n) is 24.8. The molecule has 1 aliphatic rings. The number of aromatic amines is 1. The molecule has 3 N–H and O–H groups in total. The van der Waals surface area contributed by atoms with Crippen LogP contribution in [0.15, 0.2) is 40.1 Å². The molecule has 1 aromatic heterocycles. The summed E-state index contributed by atoms with van der Waals surface area (Å²) in [7, 11) is -1.57. The summed E-state index contributed by atoms with van der Waals surface area (Å²) in [5.41, 5.74) is -3.82. The normalized spacial score (nSPS) is 25.2. The van der Waals surface area contributed by atoms with E-state index in [2.05, 4.69) is 4.98 Å². The van der Waals surface area contributed by atoms with Gasteiger partial charge in [-0.2, -0.15) is 0 Å². The van der Waals surface area contributed by atoms with Crippen LogP contribution in [-0.2, 0) is 21.4 Å². The SMILES string of the molecule is CC(OCc1cn([C@@]2([Si](C)C)C[C@@](O)(C(C)(C)C)[C@@H](C(O)C(C)(C)C)O2)c(=O)[nH]c1=O)c1ccccc1[N+](=O)[O-]. The van der Waals surface area contributed by atoms with Gasteiger partial charge in [-0.05, 0) is 23.8 Å². The molecule has 0 amide bonds. The van der Waals surface area contributed by atoms with Gasteiger partial charge in [0.25, 0.3) is 11.2 Å². The smallest absolute Gasteiger partial charge is 0.330 e. The Morgan fingerprint density at radius 2 is 1.82 bits per heavy atom. The van der Waals surface area contributed by atoms with Crippen LogP contribution in [0.25, 0.3) is 0 Å². The predicted molar refractivity (Wildman–Crippen MR) is 152 cm³/mol. The first-order valence-corrected chi connectivity index (χ1v) is 15.9. The van der Waals surface area contributed by atoms with Crippen molar-refractivity contribution in [2.45, 2.75) is 104 Å². The van der Waals surface area contributed by atoms with E-state index >= 15 is 0 Å². The van der Waals surface area contributed by atoms with E-state index in [0.717, 1.165) is 0 Å². The highest BCUT2D eigenvalue weighted by Gasteiger charge is 2.65. The molecule has 1 aromatic carbocycles. The maximum Gasteiger partial charge on any atom is 0.330 e. The number of nitro benzene ring substituents is 1. The summed E-state index contributed by atoms with van der Waals surface area (Å²) in [5, 5.41) is 33.6. The molecule has 11 nitrogen and oxygen atoms in total. The second kappa shape index (κ2) is 11.0. The van der Waals surface area contributed by atoms with E-state index in [0.29, 0.717) is 5.56 Å². The Morgan fingerprint density at radius 3 is 2.35 bits per heavy atom. The lowest BCUT2D eigenvalue weighted by Crippen LogP contribution is -2.57. The van der Waals surface area contributed by atoms with Crippen molar-refractivity contribution in [1.29, 1.82) is 0 Å². The Morgan fingerprint density at radius 1 is 1.23 bits per heavy atom. The van der Waals surface area contributed by atoms with Gasteiger partial charge in [0.15, 0.2) is 0 Å². The maximum atomic E-state index is 13.3. The van der Waals surface area contributed by atoms with Crippen LogP contribution in [0.2, 0.25) is 13.1 Å². The first-order chi connectivity index (χ1) is 18.3. The average Bonchev–Trinajstić information content (AvgIpc) is 3.17. The monoisotopic (exact) mass is 576 g/mol. The number of hydrogen-bond acceptors (Lipinski definition) is 8. The van der Waals surface area contributed by atoms with Gasteiger partial charge in [0.2, 0.25) is 0 Å². The fourth-order valence-corrected chi connectivity index (χ4v) is 6.78. The number of H-pyrrole nitrogens is 1. The number of nitrogens with zero attached hydrogens (tertiary/aromatic N) is 2. The first-order valence-electron chi connectivity index (χ1n) is 13.4. The number of benzene rings is 1. The zero-order chi connectivity index (χ0) is 30.4. The van der Waals surface area contributed by atoms with Gasteiger partial charge in [0, 0.05) is 18.7 Å². The molecule has 2 unspecified atom stereocenters. The molecule has 1 fully saturated rings. The van der Waals surface area contributed by atoms with Crippen LogP contribution in [-0.4, -0.2) is 51.3 Å². The van der Waals surface area contributed by atoms with E-state index < -0.39 is 65.1 Å². The molecule has 1 radical (unpaired) electrons. The Kier molecular flexibility index (Phi) is 8.75. The molecule has 40 heavy (non-hydrogen) atoms. The largest absolute Gasteiger partial charge is 0.390 e. The van der Waals surface area contributed by atoms with Crippen molar-refractivity contribution in [2.24, 2.45) is 10.8 Å². The lowest BCUT2D eigenvalue weighted by molar-refractivity contribution is -0.386. The first kappa shape index (κ1) is 31.9. The van der Waals surface area contributed by atoms with Gasteiger partial charge in [-0.15, -0.1) is 0 Å². The molecular formula is C28H42N3O8Si. The van der Waals surface area contributed by atoms with Crippen LogP contribution in [0.4, 0.5) is 5.69 Å². The minimum atomic E-state index is -1.57. The second-order valence-corrected chi connectivity index (χ2v) is 15.8. The topological polar surface area (TPSA) is 157 Å². The second-order valence-electron chi connectivity index (χ2n) is 13.0. The summed E-state index contributed by atoms with van der Waals surface area (Å²) < 4.78 is 13.8. The van der Waals surface area contributed by atoms with Crippen molar-refractivity contribution in [3.05, 3.63) is 72.5 Å². The Balaban J connectivity index is 2.07. The van der Waals surface area contributed by atoms with Crippen LogP contribution in [0.1, 0.15) is 72.1 Å². The highest BCUT2D eigenvalue weighted by molar-refractivity contribution is 6.58. The summed E-state index contributed by atoms with van der Waals surface area (Å²) in [4.78, 5) is 39.4. The minimum Gasteiger partial charge on any atom is -0.390 e. The third kappa shape index (κ3) is 5.73. The number of nitrogens with one attached hydrogen (secondary N) is 1. The average molecular weight is 577 g/mol. The summed E-state index contributed by atoms with van der Waals surface area (Å²) in [6, 6.07) is 6.20. The fourth-order valence-electron chi connectivity index (χ4n) is 5.15. The third-order valence-corrected chi connectivity index (χ3v) is 10.1. The highest BCUT2D eigenvalue weighted by atomic mass is 28.3. The van der Waals surface area contributed by atoms with Crippen molar-refractivity contribution in [3.8, 4) is 0 Å². The summed E-state index contributed by atoms with van der Waals surface area (Å²) >= 11 is 0. The number of aliphatic hydroxyl groups excluding tert-OH is 1. The van der Waals surface area contributed by atoms with Gasteiger partial charge in [0.05, 0.1) is 34.9 Å². The van der Waals surface area contributed by atoms with Crippen LogP contribution >= 0.6 is 0 Å². The number of hydrogen-bond donors (Lipinski definition) is 3. The van der Waals surface area contributed by atoms with Gasteiger partial charge in [-0.25, -0.2) is 4.79 Å².